The van der Waals surface area contributed by atoms with Gasteiger partial charge < -0.3 is 10.4 Å². The number of aliphatic hydroxyl groups excluding tert-OH is 1. The predicted molar refractivity (Wildman–Crippen MR) is 61.1 cm³/mol. The van der Waals surface area contributed by atoms with E-state index in [9.17, 15) is 5.11 Å². The van der Waals surface area contributed by atoms with Gasteiger partial charge in [0.15, 0.2) is 0 Å². The molecule has 0 bridgehead atoms. The number of hydrogen-bond acceptors (Lipinski definition) is 2. The van der Waals surface area contributed by atoms with Gasteiger partial charge in [-0.1, -0.05) is 17.7 Å². The molecule has 3 heteroatoms. The molecule has 0 spiro atoms. The SMILES string of the molecule is Cc1ccc(NC[C@@H](O)CCl)c(C)c1. The van der Waals surface area contributed by atoms with Crippen LogP contribution in [0.5, 0.6) is 0 Å². The first-order chi connectivity index (χ1) is 6.63. The van der Waals surface area contributed by atoms with Crippen molar-refractivity contribution in [3.63, 3.8) is 0 Å². The Morgan fingerprint density at radius 1 is 1.43 bits per heavy atom. The fraction of sp³-hybridized carbons (Fsp3) is 0.455. The lowest BCUT2D eigenvalue weighted by Crippen LogP contribution is -2.21. The van der Waals surface area contributed by atoms with Crippen molar-refractivity contribution in [1.29, 1.82) is 0 Å². The molecular weight excluding hydrogens is 198 g/mol. The van der Waals surface area contributed by atoms with Gasteiger partial charge in [0.2, 0.25) is 0 Å². The van der Waals surface area contributed by atoms with Gasteiger partial charge in [-0.25, -0.2) is 0 Å². The monoisotopic (exact) mass is 213 g/mol. The van der Waals surface area contributed by atoms with Crippen LogP contribution in [-0.4, -0.2) is 23.6 Å². The zero-order valence-electron chi connectivity index (χ0n) is 8.55. The van der Waals surface area contributed by atoms with Crippen LogP contribution < -0.4 is 5.32 Å². The Morgan fingerprint density at radius 3 is 2.71 bits per heavy atom. The van der Waals surface area contributed by atoms with Crippen LogP contribution in [0.25, 0.3) is 0 Å². The second kappa shape index (κ2) is 5.23. The van der Waals surface area contributed by atoms with E-state index in [1.807, 2.05) is 19.1 Å². The van der Waals surface area contributed by atoms with Gasteiger partial charge in [-0.2, -0.15) is 0 Å². The van der Waals surface area contributed by atoms with Crippen LogP contribution in [0.1, 0.15) is 11.1 Å². The topological polar surface area (TPSA) is 32.3 Å². The second-order valence-corrected chi connectivity index (χ2v) is 3.82. The maximum atomic E-state index is 9.27. The highest BCUT2D eigenvalue weighted by Crippen LogP contribution is 2.15. The molecule has 1 aromatic carbocycles. The van der Waals surface area contributed by atoms with Crippen LogP contribution in [0.4, 0.5) is 5.69 Å². The van der Waals surface area contributed by atoms with Crippen molar-refractivity contribution in [2.24, 2.45) is 0 Å². The molecule has 0 saturated carbocycles. The highest BCUT2D eigenvalue weighted by atomic mass is 35.5. The van der Waals surface area contributed by atoms with Gasteiger partial charge in [0, 0.05) is 12.2 Å². The molecule has 1 rings (SSSR count). The Bertz CT molecular complexity index is 301. The number of nitrogens with one attached hydrogen (secondary N) is 1. The minimum Gasteiger partial charge on any atom is -0.390 e. The summed E-state index contributed by atoms with van der Waals surface area (Å²) in [5.41, 5.74) is 3.48. The molecule has 0 amide bonds. The van der Waals surface area contributed by atoms with E-state index in [4.69, 9.17) is 11.6 Å². The molecule has 0 aliphatic carbocycles. The Hall–Kier alpha value is -0.730. The number of rotatable bonds is 4. The predicted octanol–water partition coefficient (Wildman–Crippen LogP) is 2.32. The number of benzene rings is 1. The first-order valence-corrected chi connectivity index (χ1v) is 5.22. The van der Waals surface area contributed by atoms with E-state index in [1.165, 1.54) is 11.1 Å². The molecule has 0 fully saturated rings. The fourth-order valence-electron chi connectivity index (χ4n) is 1.29. The summed E-state index contributed by atoms with van der Waals surface area (Å²) in [4.78, 5) is 0. The molecule has 1 atom stereocenters. The van der Waals surface area contributed by atoms with Gasteiger partial charge in [-0.3, -0.25) is 0 Å². The second-order valence-electron chi connectivity index (χ2n) is 3.51. The summed E-state index contributed by atoms with van der Waals surface area (Å²) in [6, 6.07) is 6.17. The number of alkyl halides is 1. The fourth-order valence-corrected chi connectivity index (χ4v) is 1.40. The molecule has 0 aromatic heterocycles. The first-order valence-electron chi connectivity index (χ1n) is 4.68. The molecule has 0 radical (unpaired) electrons. The quantitative estimate of drug-likeness (QED) is 0.753. The first kappa shape index (κ1) is 11.3. The van der Waals surface area contributed by atoms with Crippen LogP contribution in [-0.2, 0) is 0 Å². The largest absolute Gasteiger partial charge is 0.390 e. The summed E-state index contributed by atoms with van der Waals surface area (Å²) in [6.45, 7) is 4.60. The number of aryl methyl sites for hydroxylation is 2. The van der Waals surface area contributed by atoms with Crippen molar-refractivity contribution in [3.05, 3.63) is 29.3 Å². The van der Waals surface area contributed by atoms with Crippen LogP contribution in [0.3, 0.4) is 0 Å². The van der Waals surface area contributed by atoms with Crippen molar-refractivity contribution < 1.29 is 5.11 Å². The third-order valence-electron chi connectivity index (χ3n) is 2.09. The molecule has 2 N–H and O–H groups in total. The Balaban J connectivity index is 2.59. The van der Waals surface area contributed by atoms with Crippen molar-refractivity contribution in [2.75, 3.05) is 17.7 Å². The Kier molecular flexibility index (Phi) is 4.23. The Morgan fingerprint density at radius 2 is 2.14 bits per heavy atom. The van der Waals surface area contributed by atoms with E-state index in [0.29, 0.717) is 6.54 Å². The lowest BCUT2D eigenvalue weighted by atomic mass is 10.1. The molecule has 2 nitrogen and oxygen atoms in total. The molecule has 14 heavy (non-hydrogen) atoms. The van der Waals surface area contributed by atoms with Gasteiger partial charge in [-0.05, 0) is 25.5 Å². The number of aliphatic hydroxyl groups is 1. The summed E-state index contributed by atoms with van der Waals surface area (Å²) < 4.78 is 0. The van der Waals surface area contributed by atoms with Gasteiger partial charge in [-0.15, -0.1) is 11.6 Å². The van der Waals surface area contributed by atoms with E-state index in [-0.39, 0.29) is 5.88 Å². The number of anilines is 1. The lowest BCUT2D eigenvalue weighted by Gasteiger charge is -2.12. The normalized spacial score (nSPS) is 12.6. The molecule has 1 aromatic rings. The van der Waals surface area contributed by atoms with Crippen LogP contribution >= 0.6 is 11.6 Å². The molecule has 0 unspecified atom stereocenters. The average Bonchev–Trinajstić information content (AvgIpc) is 2.16. The highest BCUT2D eigenvalue weighted by molar-refractivity contribution is 6.18. The van der Waals surface area contributed by atoms with Gasteiger partial charge in [0.1, 0.15) is 0 Å². The molecule has 0 saturated heterocycles. The molecule has 0 heterocycles. The summed E-state index contributed by atoms with van der Waals surface area (Å²) in [7, 11) is 0. The minimum atomic E-state index is -0.489. The van der Waals surface area contributed by atoms with Crippen LogP contribution in [0.15, 0.2) is 18.2 Å². The van der Waals surface area contributed by atoms with E-state index >= 15 is 0 Å². The zero-order chi connectivity index (χ0) is 10.6. The van der Waals surface area contributed by atoms with Crippen LogP contribution in [0.2, 0.25) is 0 Å². The lowest BCUT2D eigenvalue weighted by molar-refractivity contribution is 0.211. The van der Waals surface area contributed by atoms with Crippen molar-refractivity contribution in [2.45, 2.75) is 20.0 Å². The number of hydrogen-bond donors (Lipinski definition) is 2. The zero-order valence-corrected chi connectivity index (χ0v) is 9.30. The van der Waals surface area contributed by atoms with Gasteiger partial charge in [0.25, 0.3) is 0 Å². The van der Waals surface area contributed by atoms with Gasteiger partial charge >= 0.3 is 0 Å². The maximum absolute atomic E-state index is 9.27. The molecule has 78 valence electrons. The minimum absolute atomic E-state index is 0.262. The summed E-state index contributed by atoms with van der Waals surface area (Å²) in [6.07, 6.45) is -0.489. The molecule has 0 aliphatic rings. The Labute approximate surface area is 89.9 Å². The van der Waals surface area contributed by atoms with Crippen LogP contribution in [0, 0.1) is 13.8 Å². The average molecular weight is 214 g/mol. The summed E-state index contributed by atoms with van der Waals surface area (Å²) >= 11 is 5.49. The van der Waals surface area contributed by atoms with Crippen molar-refractivity contribution in [3.8, 4) is 0 Å². The van der Waals surface area contributed by atoms with Crippen molar-refractivity contribution in [1.82, 2.24) is 0 Å². The van der Waals surface area contributed by atoms with E-state index in [0.717, 1.165) is 5.69 Å². The summed E-state index contributed by atoms with van der Waals surface area (Å²) in [5, 5.41) is 12.4. The third-order valence-corrected chi connectivity index (χ3v) is 2.44. The maximum Gasteiger partial charge on any atom is 0.0847 e. The molecular formula is C11H16ClNO. The van der Waals surface area contributed by atoms with E-state index < -0.39 is 6.10 Å². The molecule has 0 aliphatic heterocycles. The highest BCUT2D eigenvalue weighted by Gasteiger charge is 2.02. The van der Waals surface area contributed by atoms with Crippen molar-refractivity contribution >= 4 is 17.3 Å². The third kappa shape index (κ3) is 3.20. The van der Waals surface area contributed by atoms with Gasteiger partial charge in [0.05, 0.1) is 12.0 Å². The van der Waals surface area contributed by atoms with E-state index in [1.54, 1.807) is 0 Å². The standard InChI is InChI=1S/C11H16ClNO/c1-8-3-4-11(9(2)5-8)13-7-10(14)6-12/h3-5,10,13-14H,6-7H2,1-2H3/t10-/m0/s1. The summed E-state index contributed by atoms with van der Waals surface area (Å²) in [5.74, 6) is 0.262. The van der Waals surface area contributed by atoms with E-state index in [2.05, 4.69) is 18.3 Å². The smallest absolute Gasteiger partial charge is 0.0847 e. The number of halogens is 1.